The standard InChI is InChI=1S/C25H31N5O/c1-3-11-29-16-19(20-8-4-5-9-23(20)29)15-28-13-10-21-22(17-28)26-25(27-24(21)31)30-12-6-7-18(2)14-30/h3-5,8-9,16,18H,1,6-7,10-15,17H2,2H3,(H,26,27,31). The van der Waals surface area contributed by atoms with E-state index in [4.69, 9.17) is 4.98 Å². The second-order valence-electron chi connectivity index (χ2n) is 9.08. The smallest absolute Gasteiger partial charge is 0.255 e. The summed E-state index contributed by atoms with van der Waals surface area (Å²) in [4.78, 5) is 25.4. The Bertz CT molecular complexity index is 1160. The van der Waals surface area contributed by atoms with Gasteiger partial charge in [0, 0.05) is 61.9 Å². The van der Waals surface area contributed by atoms with Crippen molar-refractivity contribution in [3.63, 3.8) is 0 Å². The lowest BCUT2D eigenvalue weighted by molar-refractivity contribution is 0.241. The SMILES string of the molecule is C=CCn1cc(CN2CCc3c(nc(N4CCCC(C)C4)[nH]c3=O)C2)c2ccccc21. The quantitative estimate of drug-likeness (QED) is 0.643. The highest BCUT2D eigenvalue weighted by atomic mass is 16.1. The summed E-state index contributed by atoms with van der Waals surface area (Å²) in [6, 6.07) is 8.55. The van der Waals surface area contributed by atoms with Gasteiger partial charge in [0.1, 0.15) is 0 Å². The highest BCUT2D eigenvalue weighted by Gasteiger charge is 2.25. The Kier molecular flexibility index (Phi) is 5.40. The fourth-order valence-corrected chi connectivity index (χ4v) is 5.13. The maximum atomic E-state index is 12.8. The van der Waals surface area contributed by atoms with Crippen LogP contribution in [-0.4, -0.2) is 39.1 Å². The van der Waals surface area contributed by atoms with Crippen LogP contribution in [0.3, 0.4) is 0 Å². The molecule has 5 rings (SSSR count). The van der Waals surface area contributed by atoms with Gasteiger partial charge in [-0.3, -0.25) is 14.7 Å². The number of benzene rings is 1. The number of anilines is 1. The summed E-state index contributed by atoms with van der Waals surface area (Å²) in [7, 11) is 0. The van der Waals surface area contributed by atoms with Crippen LogP contribution in [-0.2, 0) is 26.1 Å². The summed E-state index contributed by atoms with van der Waals surface area (Å²) in [6.45, 7) is 11.4. The normalized spacial score (nSPS) is 19.5. The zero-order valence-corrected chi connectivity index (χ0v) is 18.3. The second-order valence-corrected chi connectivity index (χ2v) is 9.08. The van der Waals surface area contributed by atoms with Gasteiger partial charge >= 0.3 is 0 Å². The average Bonchev–Trinajstić information content (AvgIpc) is 3.11. The second kappa shape index (κ2) is 8.35. The Hall–Kier alpha value is -2.86. The average molecular weight is 418 g/mol. The molecular weight excluding hydrogens is 386 g/mol. The summed E-state index contributed by atoms with van der Waals surface area (Å²) in [5.74, 6) is 1.39. The number of fused-ring (bicyclic) bond motifs is 2. The molecule has 2 aromatic heterocycles. The van der Waals surface area contributed by atoms with Gasteiger partial charge in [-0.05, 0) is 36.8 Å². The molecule has 6 heteroatoms. The van der Waals surface area contributed by atoms with Crippen molar-refractivity contribution in [3.8, 4) is 0 Å². The molecule has 0 spiro atoms. The first-order valence-electron chi connectivity index (χ1n) is 11.4. The topological polar surface area (TPSA) is 57.2 Å². The number of aromatic nitrogens is 3. The molecule has 1 saturated heterocycles. The van der Waals surface area contributed by atoms with Crippen LogP contribution in [0.15, 0.2) is 47.9 Å². The minimum atomic E-state index is 0.0421. The van der Waals surface area contributed by atoms with Gasteiger partial charge in [0.15, 0.2) is 0 Å². The molecule has 0 amide bonds. The van der Waals surface area contributed by atoms with E-state index in [0.29, 0.717) is 5.92 Å². The number of hydrogen-bond donors (Lipinski definition) is 1. The van der Waals surface area contributed by atoms with E-state index in [9.17, 15) is 4.79 Å². The highest BCUT2D eigenvalue weighted by Crippen LogP contribution is 2.26. The highest BCUT2D eigenvalue weighted by molar-refractivity contribution is 5.84. The maximum absolute atomic E-state index is 12.8. The molecule has 3 aromatic rings. The van der Waals surface area contributed by atoms with Crippen molar-refractivity contribution in [2.24, 2.45) is 5.92 Å². The zero-order valence-electron chi connectivity index (χ0n) is 18.3. The molecule has 1 aromatic carbocycles. The number of rotatable bonds is 5. The first-order valence-corrected chi connectivity index (χ1v) is 11.4. The van der Waals surface area contributed by atoms with E-state index in [1.54, 1.807) is 0 Å². The van der Waals surface area contributed by atoms with E-state index >= 15 is 0 Å². The number of piperidine rings is 1. The molecule has 0 saturated carbocycles. The molecule has 4 heterocycles. The molecule has 0 bridgehead atoms. The van der Waals surface area contributed by atoms with Crippen molar-refractivity contribution in [1.29, 1.82) is 0 Å². The zero-order chi connectivity index (χ0) is 21.4. The molecule has 6 nitrogen and oxygen atoms in total. The molecule has 1 unspecified atom stereocenters. The number of nitrogens with zero attached hydrogens (tertiary/aromatic N) is 4. The van der Waals surface area contributed by atoms with E-state index in [-0.39, 0.29) is 5.56 Å². The van der Waals surface area contributed by atoms with Crippen molar-refractivity contribution < 1.29 is 0 Å². The fourth-order valence-electron chi connectivity index (χ4n) is 5.13. The van der Waals surface area contributed by atoms with Gasteiger partial charge in [-0.2, -0.15) is 0 Å². The van der Waals surface area contributed by atoms with Crippen LogP contribution in [0.4, 0.5) is 5.95 Å². The van der Waals surface area contributed by atoms with Gasteiger partial charge in [0.05, 0.1) is 5.69 Å². The van der Waals surface area contributed by atoms with Crippen LogP contribution >= 0.6 is 0 Å². The monoisotopic (exact) mass is 417 g/mol. The van der Waals surface area contributed by atoms with Crippen LogP contribution in [0, 0.1) is 5.92 Å². The van der Waals surface area contributed by atoms with Gasteiger partial charge in [-0.15, -0.1) is 6.58 Å². The van der Waals surface area contributed by atoms with Crippen LogP contribution in [0.2, 0.25) is 0 Å². The van der Waals surface area contributed by atoms with Crippen molar-refractivity contribution in [1.82, 2.24) is 19.4 Å². The van der Waals surface area contributed by atoms with Crippen molar-refractivity contribution in [2.75, 3.05) is 24.5 Å². The third kappa shape index (κ3) is 3.92. The number of hydrogen-bond acceptors (Lipinski definition) is 4. The van der Waals surface area contributed by atoms with E-state index in [1.807, 2.05) is 6.08 Å². The molecular formula is C25H31N5O. The van der Waals surface area contributed by atoms with E-state index in [1.165, 1.54) is 22.9 Å². The van der Waals surface area contributed by atoms with Gasteiger partial charge in [-0.1, -0.05) is 31.2 Å². The summed E-state index contributed by atoms with van der Waals surface area (Å²) in [6.07, 6.45) is 7.33. The third-order valence-corrected chi connectivity index (χ3v) is 6.69. The van der Waals surface area contributed by atoms with Crippen molar-refractivity contribution >= 4 is 16.9 Å². The summed E-state index contributed by atoms with van der Waals surface area (Å²) in [5, 5.41) is 1.29. The molecule has 1 fully saturated rings. The molecule has 0 aliphatic carbocycles. The Balaban J connectivity index is 1.40. The van der Waals surface area contributed by atoms with Gasteiger partial charge in [0.2, 0.25) is 5.95 Å². The number of H-pyrrole nitrogens is 1. The molecule has 0 radical (unpaired) electrons. The van der Waals surface area contributed by atoms with Gasteiger partial charge in [0.25, 0.3) is 5.56 Å². The Labute approximate surface area is 183 Å². The number of nitrogens with one attached hydrogen (secondary N) is 1. The number of aromatic amines is 1. The first kappa shape index (κ1) is 20.1. The molecule has 2 aliphatic heterocycles. The Morgan fingerprint density at radius 1 is 1.29 bits per heavy atom. The van der Waals surface area contributed by atoms with Crippen molar-refractivity contribution in [3.05, 3.63) is 70.3 Å². The van der Waals surface area contributed by atoms with Crippen LogP contribution < -0.4 is 10.5 Å². The number of para-hydroxylation sites is 1. The third-order valence-electron chi connectivity index (χ3n) is 6.69. The minimum Gasteiger partial charge on any atom is -0.343 e. The van der Waals surface area contributed by atoms with E-state index in [0.717, 1.165) is 69.3 Å². The lowest BCUT2D eigenvalue weighted by atomic mass is 10.0. The largest absolute Gasteiger partial charge is 0.343 e. The minimum absolute atomic E-state index is 0.0421. The first-order chi connectivity index (χ1) is 15.1. The van der Waals surface area contributed by atoms with Crippen LogP contribution in [0.1, 0.15) is 36.6 Å². The van der Waals surface area contributed by atoms with E-state index < -0.39 is 0 Å². The van der Waals surface area contributed by atoms with Gasteiger partial charge in [-0.25, -0.2) is 4.98 Å². The fraction of sp³-hybridized carbons (Fsp3) is 0.440. The Morgan fingerprint density at radius 2 is 2.16 bits per heavy atom. The van der Waals surface area contributed by atoms with Gasteiger partial charge < -0.3 is 9.47 Å². The molecule has 1 atom stereocenters. The van der Waals surface area contributed by atoms with Crippen LogP contribution in [0.5, 0.6) is 0 Å². The van der Waals surface area contributed by atoms with Crippen molar-refractivity contribution in [2.45, 2.75) is 45.8 Å². The Morgan fingerprint density at radius 3 is 3.00 bits per heavy atom. The predicted octanol–water partition coefficient (Wildman–Crippen LogP) is 3.71. The summed E-state index contributed by atoms with van der Waals surface area (Å²) >= 11 is 0. The summed E-state index contributed by atoms with van der Waals surface area (Å²) in [5.41, 5.74) is 4.40. The number of allylic oxidation sites excluding steroid dienone is 1. The van der Waals surface area contributed by atoms with Crippen LogP contribution in [0.25, 0.3) is 10.9 Å². The molecule has 2 aliphatic rings. The van der Waals surface area contributed by atoms with E-state index in [2.05, 4.69) is 63.3 Å². The predicted molar refractivity (Wildman–Crippen MR) is 125 cm³/mol. The lowest BCUT2D eigenvalue weighted by Gasteiger charge is -2.33. The summed E-state index contributed by atoms with van der Waals surface area (Å²) < 4.78 is 2.26. The molecule has 31 heavy (non-hydrogen) atoms. The molecule has 1 N–H and O–H groups in total. The lowest BCUT2D eigenvalue weighted by Crippen LogP contribution is -2.39. The maximum Gasteiger partial charge on any atom is 0.255 e. The molecule has 162 valence electrons.